The average molecular weight is 399 g/mol. The van der Waals surface area contributed by atoms with E-state index in [0.717, 1.165) is 43.1 Å². The summed E-state index contributed by atoms with van der Waals surface area (Å²) in [4.78, 5) is 18.9. The molecule has 2 aliphatic rings. The smallest absolute Gasteiger partial charge is 0.270 e. The number of nitrogens with zero attached hydrogens (tertiary/aromatic N) is 2. The van der Waals surface area contributed by atoms with Crippen molar-refractivity contribution in [3.05, 3.63) is 71.4 Å². The third-order valence-corrected chi connectivity index (χ3v) is 7.09. The molecule has 0 unspecified atom stereocenters. The minimum atomic E-state index is -0.0945. The first-order valence-corrected chi connectivity index (χ1v) is 10.7. The molecular weight excluding hydrogens is 372 g/mol. The Kier molecular flexibility index (Phi) is 4.41. The van der Waals surface area contributed by atoms with Crippen molar-refractivity contribution in [1.29, 1.82) is 5.26 Å². The van der Waals surface area contributed by atoms with Crippen molar-refractivity contribution in [1.82, 2.24) is 15.2 Å². The first kappa shape index (κ1) is 18.9. The fourth-order valence-corrected chi connectivity index (χ4v) is 5.56. The highest BCUT2D eigenvalue weighted by molar-refractivity contribution is 5.99. The number of H-pyrrole nitrogens is 1. The number of nitrogens with one attached hydrogen (secondary N) is 2. The number of carbonyl (C=O) groups is 1. The third-order valence-electron chi connectivity index (χ3n) is 7.09. The molecule has 152 valence electrons. The Labute approximate surface area is 176 Å². The standard InChI is InChI=1S/C25H26N4O/c1-2-29(23(30)22-14-20-13-19(15-26)9-10-21(20)28-22)25-12-6-11-24(25,17-25)27-16-18-7-4-3-5-8-18/h3-5,7-10,13-14,27-28H,2,6,11-12,16-17H2,1H3/t24-,25-/m0/s1. The molecule has 0 bridgehead atoms. The van der Waals surface area contributed by atoms with Crippen molar-refractivity contribution < 1.29 is 4.79 Å². The molecule has 2 fully saturated rings. The number of rotatable bonds is 6. The van der Waals surface area contributed by atoms with Crippen LogP contribution in [-0.4, -0.2) is 33.4 Å². The summed E-state index contributed by atoms with van der Waals surface area (Å²) in [7, 11) is 0. The number of hydrogen-bond donors (Lipinski definition) is 2. The normalized spacial score (nSPS) is 24.4. The number of fused-ring (bicyclic) bond motifs is 2. The lowest BCUT2D eigenvalue weighted by Gasteiger charge is -2.32. The monoisotopic (exact) mass is 398 g/mol. The number of aromatic nitrogens is 1. The predicted octanol–water partition coefficient (Wildman–Crippen LogP) is 4.36. The number of aromatic amines is 1. The van der Waals surface area contributed by atoms with Crippen LogP contribution < -0.4 is 5.32 Å². The molecule has 1 heterocycles. The van der Waals surface area contributed by atoms with Crippen molar-refractivity contribution in [3.8, 4) is 6.07 Å². The molecule has 1 aromatic heterocycles. The molecular formula is C25H26N4O. The van der Waals surface area contributed by atoms with Crippen LogP contribution in [0.4, 0.5) is 0 Å². The second kappa shape index (κ2) is 7.00. The predicted molar refractivity (Wildman–Crippen MR) is 117 cm³/mol. The lowest BCUT2D eigenvalue weighted by molar-refractivity contribution is 0.0631. The molecule has 2 saturated carbocycles. The van der Waals surface area contributed by atoms with E-state index in [1.807, 2.05) is 24.3 Å². The summed E-state index contributed by atoms with van der Waals surface area (Å²) < 4.78 is 0. The summed E-state index contributed by atoms with van der Waals surface area (Å²) in [6.07, 6.45) is 4.32. The Morgan fingerprint density at radius 1 is 1.20 bits per heavy atom. The van der Waals surface area contributed by atoms with Gasteiger partial charge >= 0.3 is 0 Å². The van der Waals surface area contributed by atoms with Gasteiger partial charge in [-0.1, -0.05) is 30.3 Å². The van der Waals surface area contributed by atoms with Crippen LogP contribution in [-0.2, 0) is 6.54 Å². The molecule has 5 heteroatoms. The summed E-state index contributed by atoms with van der Waals surface area (Å²) in [5, 5.41) is 13.9. The third kappa shape index (κ3) is 2.83. The Hall–Kier alpha value is -3.10. The van der Waals surface area contributed by atoms with Gasteiger partial charge in [-0.2, -0.15) is 5.26 Å². The van der Waals surface area contributed by atoms with Crippen LogP contribution in [0.2, 0.25) is 0 Å². The summed E-state index contributed by atoms with van der Waals surface area (Å²) in [5.41, 5.74) is 3.30. The Balaban J connectivity index is 1.39. The van der Waals surface area contributed by atoms with E-state index >= 15 is 0 Å². The maximum absolute atomic E-state index is 13.5. The van der Waals surface area contributed by atoms with E-state index in [-0.39, 0.29) is 17.0 Å². The highest BCUT2D eigenvalue weighted by atomic mass is 16.2. The van der Waals surface area contributed by atoms with Crippen molar-refractivity contribution in [3.63, 3.8) is 0 Å². The van der Waals surface area contributed by atoms with Gasteiger partial charge in [0.15, 0.2) is 0 Å². The van der Waals surface area contributed by atoms with Gasteiger partial charge in [0.25, 0.3) is 5.91 Å². The Morgan fingerprint density at radius 2 is 2.03 bits per heavy atom. The minimum absolute atomic E-state index is 0.0223. The number of amides is 1. The van der Waals surface area contributed by atoms with Gasteiger partial charge in [-0.05, 0) is 62.4 Å². The van der Waals surface area contributed by atoms with Gasteiger partial charge in [0.05, 0.1) is 17.2 Å². The highest BCUT2D eigenvalue weighted by Gasteiger charge is 2.73. The fraction of sp³-hybridized carbons (Fsp3) is 0.360. The largest absolute Gasteiger partial charge is 0.351 e. The molecule has 0 saturated heterocycles. The molecule has 0 radical (unpaired) electrons. The quantitative estimate of drug-likeness (QED) is 0.648. The van der Waals surface area contributed by atoms with E-state index in [9.17, 15) is 4.79 Å². The van der Waals surface area contributed by atoms with Gasteiger partial charge in [-0.25, -0.2) is 0 Å². The molecule has 3 aromatic rings. The molecule has 1 amide bonds. The Bertz CT molecular complexity index is 1140. The number of hydrogen-bond acceptors (Lipinski definition) is 3. The zero-order valence-electron chi connectivity index (χ0n) is 17.2. The van der Waals surface area contributed by atoms with Crippen LogP contribution in [0, 0.1) is 11.3 Å². The lowest BCUT2D eigenvalue weighted by atomic mass is 10.1. The number of benzene rings is 2. The van der Waals surface area contributed by atoms with Gasteiger partial charge < -0.3 is 15.2 Å². The zero-order valence-corrected chi connectivity index (χ0v) is 17.2. The number of nitriles is 1. The van der Waals surface area contributed by atoms with Crippen LogP contribution in [0.15, 0.2) is 54.6 Å². The van der Waals surface area contributed by atoms with Crippen molar-refractivity contribution >= 4 is 16.8 Å². The van der Waals surface area contributed by atoms with Crippen LogP contribution in [0.5, 0.6) is 0 Å². The van der Waals surface area contributed by atoms with Crippen LogP contribution >= 0.6 is 0 Å². The maximum atomic E-state index is 13.5. The van der Waals surface area contributed by atoms with Crippen LogP contribution in [0.1, 0.15) is 54.2 Å². The molecule has 2 atom stereocenters. The van der Waals surface area contributed by atoms with E-state index in [2.05, 4.69) is 52.5 Å². The van der Waals surface area contributed by atoms with E-state index in [0.29, 0.717) is 17.8 Å². The molecule has 30 heavy (non-hydrogen) atoms. The maximum Gasteiger partial charge on any atom is 0.270 e. The molecule has 5 nitrogen and oxygen atoms in total. The molecule has 5 rings (SSSR count). The van der Waals surface area contributed by atoms with Gasteiger partial charge in [-0.15, -0.1) is 0 Å². The number of likely N-dealkylation sites (N-methyl/N-ethyl adjacent to an activating group) is 1. The van der Waals surface area contributed by atoms with E-state index in [4.69, 9.17) is 5.26 Å². The molecule has 2 N–H and O–H groups in total. The first-order chi connectivity index (χ1) is 14.6. The van der Waals surface area contributed by atoms with E-state index in [1.165, 1.54) is 5.56 Å². The first-order valence-electron chi connectivity index (χ1n) is 10.7. The summed E-state index contributed by atoms with van der Waals surface area (Å²) in [6, 6.07) is 20.0. The second-order valence-electron chi connectivity index (χ2n) is 8.63. The molecule has 2 aliphatic carbocycles. The fourth-order valence-electron chi connectivity index (χ4n) is 5.56. The van der Waals surface area contributed by atoms with Gasteiger partial charge in [0.1, 0.15) is 5.69 Å². The SMILES string of the molecule is CCN(C(=O)c1cc2cc(C#N)ccc2[nH]1)[C@]12CCC[C@]1(NCc1ccccc1)C2. The van der Waals surface area contributed by atoms with Gasteiger partial charge in [0.2, 0.25) is 0 Å². The van der Waals surface area contributed by atoms with E-state index in [1.54, 1.807) is 6.07 Å². The van der Waals surface area contributed by atoms with Crippen molar-refractivity contribution in [2.24, 2.45) is 0 Å². The van der Waals surface area contributed by atoms with Crippen LogP contribution in [0.3, 0.4) is 0 Å². The summed E-state index contributed by atoms with van der Waals surface area (Å²) in [6.45, 7) is 3.59. The van der Waals surface area contributed by atoms with Crippen molar-refractivity contribution in [2.45, 2.75) is 50.2 Å². The topological polar surface area (TPSA) is 71.9 Å². The highest BCUT2D eigenvalue weighted by Crippen LogP contribution is 2.63. The lowest BCUT2D eigenvalue weighted by Crippen LogP contribution is -2.49. The van der Waals surface area contributed by atoms with Crippen LogP contribution in [0.25, 0.3) is 10.9 Å². The number of carbonyl (C=O) groups excluding carboxylic acids is 1. The van der Waals surface area contributed by atoms with Gasteiger partial charge in [0, 0.05) is 29.5 Å². The average Bonchev–Trinajstić information content (AvgIpc) is 3.07. The molecule has 0 aliphatic heterocycles. The zero-order chi connectivity index (χ0) is 20.8. The Morgan fingerprint density at radius 3 is 2.80 bits per heavy atom. The molecule has 2 aromatic carbocycles. The molecule has 0 spiro atoms. The summed E-state index contributed by atoms with van der Waals surface area (Å²) in [5.74, 6) is 0.0532. The van der Waals surface area contributed by atoms with Gasteiger partial charge in [-0.3, -0.25) is 4.79 Å². The van der Waals surface area contributed by atoms with Crippen molar-refractivity contribution in [2.75, 3.05) is 6.54 Å². The second-order valence-corrected chi connectivity index (χ2v) is 8.63. The van der Waals surface area contributed by atoms with E-state index < -0.39 is 0 Å². The summed E-state index contributed by atoms with van der Waals surface area (Å²) >= 11 is 0. The minimum Gasteiger partial charge on any atom is -0.351 e.